The second-order valence-corrected chi connectivity index (χ2v) is 5.89. The van der Waals surface area contributed by atoms with Crippen molar-refractivity contribution in [1.82, 2.24) is 20.1 Å². The summed E-state index contributed by atoms with van der Waals surface area (Å²) in [6.45, 7) is 5.86. The number of aromatic nitrogens is 3. The van der Waals surface area contributed by atoms with Gasteiger partial charge in [-0.2, -0.15) is 10.1 Å². The summed E-state index contributed by atoms with van der Waals surface area (Å²) in [4.78, 5) is 31.3. The van der Waals surface area contributed by atoms with Crippen molar-refractivity contribution in [2.45, 2.75) is 13.8 Å². The summed E-state index contributed by atoms with van der Waals surface area (Å²) in [6, 6.07) is 7.16. The summed E-state index contributed by atoms with van der Waals surface area (Å²) in [5, 5.41) is 11.1. The largest absolute Gasteiger partial charge is 0.352 e. The Morgan fingerprint density at radius 1 is 1.12 bits per heavy atom. The fourth-order valence-electron chi connectivity index (χ4n) is 2.70. The molecule has 0 spiro atoms. The molecule has 1 saturated heterocycles. The number of amides is 1. The van der Waals surface area contributed by atoms with Gasteiger partial charge in [0, 0.05) is 44.4 Å². The summed E-state index contributed by atoms with van der Waals surface area (Å²) in [7, 11) is 0. The average Bonchev–Trinajstić information content (AvgIpc) is 2.62. The molecule has 1 aliphatic heterocycles. The summed E-state index contributed by atoms with van der Waals surface area (Å²) in [5.41, 5.74) is 1.35. The molecule has 8 nitrogen and oxygen atoms in total. The molecule has 2 heterocycles. The SMILES string of the molecule is CC(=O)c1cccc(Nc2nncc(N3CCN(C(C)=O)CC3)n2)c1. The third kappa shape index (κ3) is 4.09. The van der Waals surface area contributed by atoms with Crippen LogP contribution in [0.3, 0.4) is 0 Å². The van der Waals surface area contributed by atoms with Crippen LogP contribution in [-0.2, 0) is 4.79 Å². The van der Waals surface area contributed by atoms with Gasteiger partial charge in [0.1, 0.15) is 0 Å². The number of carbonyl (C=O) groups is 2. The van der Waals surface area contributed by atoms with Gasteiger partial charge in [0.15, 0.2) is 11.6 Å². The maximum absolute atomic E-state index is 11.5. The summed E-state index contributed by atoms with van der Waals surface area (Å²) >= 11 is 0. The molecule has 0 aliphatic carbocycles. The van der Waals surface area contributed by atoms with Crippen LogP contribution in [0.25, 0.3) is 0 Å². The third-order valence-electron chi connectivity index (χ3n) is 4.12. The van der Waals surface area contributed by atoms with E-state index in [1.165, 1.54) is 6.92 Å². The molecule has 0 unspecified atom stereocenters. The molecular formula is C17H20N6O2. The van der Waals surface area contributed by atoms with Crippen molar-refractivity contribution in [3.8, 4) is 0 Å². The normalized spacial score (nSPS) is 14.3. The van der Waals surface area contributed by atoms with Crippen molar-refractivity contribution in [2.24, 2.45) is 0 Å². The minimum absolute atomic E-state index is 0.000198. The molecule has 0 radical (unpaired) electrons. The van der Waals surface area contributed by atoms with Crippen molar-refractivity contribution >= 4 is 29.1 Å². The predicted octanol–water partition coefficient (Wildman–Crippen LogP) is 1.49. The van der Waals surface area contributed by atoms with E-state index in [9.17, 15) is 9.59 Å². The molecule has 1 N–H and O–H groups in total. The summed E-state index contributed by atoms with van der Waals surface area (Å²) in [6.07, 6.45) is 1.61. The smallest absolute Gasteiger partial charge is 0.249 e. The standard InChI is InChI=1S/C17H20N6O2/c1-12(24)14-4-3-5-15(10-14)19-17-20-16(11-18-21-17)23-8-6-22(7-9-23)13(2)25/h3-5,10-11H,6-9H2,1-2H3,(H,19,20,21). The lowest BCUT2D eigenvalue weighted by Gasteiger charge is -2.34. The zero-order valence-electron chi connectivity index (χ0n) is 14.3. The van der Waals surface area contributed by atoms with E-state index in [1.807, 2.05) is 11.0 Å². The van der Waals surface area contributed by atoms with Gasteiger partial charge in [-0.3, -0.25) is 9.59 Å². The monoisotopic (exact) mass is 340 g/mol. The molecule has 8 heteroatoms. The maximum atomic E-state index is 11.5. The first-order valence-corrected chi connectivity index (χ1v) is 8.11. The molecule has 1 aromatic carbocycles. The molecular weight excluding hydrogens is 320 g/mol. The maximum Gasteiger partial charge on any atom is 0.249 e. The number of carbonyl (C=O) groups excluding carboxylic acids is 2. The molecule has 0 bridgehead atoms. The fourth-order valence-corrected chi connectivity index (χ4v) is 2.70. The van der Waals surface area contributed by atoms with E-state index in [0.29, 0.717) is 43.5 Å². The Bertz CT molecular complexity index is 786. The van der Waals surface area contributed by atoms with Crippen LogP contribution in [0.2, 0.25) is 0 Å². The third-order valence-corrected chi connectivity index (χ3v) is 4.12. The lowest BCUT2D eigenvalue weighted by atomic mass is 10.1. The molecule has 2 aromatic rings. The highest BCUT2D eigenvalue weighted by molar-refractivity contribution is 5.95. The lowest BCUT2D eigenvalue weighted by Crippen LogP contribution is -2.48. The van der Waals surface area contributed by atoms with Crippen molar-refractivity contribution in [3.05, 3.63) is 36.0 Å². The molecule has 0 atom stereocenters. The topological polar surface area (TPSA) is 91.3 Å². The van der Waals surface area contributed by atoms with E-state index in [4.69, 9.17) is 0 Å². The quantitative estimate of drug-likeness (QED) is 0.843. The van der Waals surface area contributed by atoms with Gasteiger partial charge in [-0.05, 0) is 19.1 Å². The highest BCUT2D eigenvalue weighted by Gasteiger charge is 2.20. The molecule has 1 aliphatic rings. The Labute approximate surface area is 145 Å². The zero-order chi connectivity index (χ0) is 17.8. The number of ketones is 1. The van der Waals surface area contributed by atoms with Crippen LogP contribution in [0.15, 0.2) is 30.5 Å². The van der Waals surface area contributed by atoms with Crippen molar-refractivity contribution in [1.29, 1.82) is 0 Å². The Kier molecular flexibility index (Phi) is 4.87. The first-order valence-electron chi connectivity index (χ1n) is 8.11. The number of anilines is 3. The van der Waals surface area contributed by atoms with E-state index >= 15 is 0 Å². The van der Waals surface area contributed by atoms with Crippen LogP contribution < -0.4 is 10.2 Å². The fraction of sp³-hybridized carbons (Fsp3) is 0.353. The van der Waals surface area contributed by atoms with E-state index in [-0.39, 0.29) is 11.7 Å². The van der Waals surface area contributed by atoms with Gasteiger partial charge in [0.2, 0.25) is 11.9 Å². The predicted molar refractivity (Wildman–Crippen MR) is 94.0 cm³/mol. The van der Waals surface area contributed by atoms with E-state index in [2.05, 4.69) is 25.4 Å². The second-order valence-electron chi connectivity index (χ2n) is 5.89. The molecule has 1 amide bonds. The number of hydrogen-bond acceptors (Lipinski definition) is 7. The summed E-state index contributed by atoms with van der Waals surface area (Å²) < 4.78 is 0. The molecule has 1 aromatic heterocycles. The molecule has 1 fully saturated rings. The Hall–Kier alpha value is -3.03. The highest BCUT2D eigenvalue weighted by Crippen LogP contribution is 2.18. The van der Waals surface area contributed by atoms with Crippen LogP contribution in [0.5, 0.6) is 0 Å². The van der Waals surface area contributed by atoms with E-state index in [0.717, 1.165) is 5.69 Å². The molecule has 0 saturated carbocycles. The Morgan fingerprint density at radius 3 is 2.56 bits per heavy atom. The van der Waals surface area contributed by atoms with E-state index in [1.54, 1.807) is 31.3 Å². The number of Topliss-reactive ketones (excluding diaryl/α,β-unsaturated/α-hetero) is 1. The number of nitrogens with zero attached hydrogens (tertiary/aromatic N) is 5. The number of nitrogens with one attached hydrogen (secondary N) is 1. The van der Waals surface area contributed by atoms with Gasteiger partial charge in [-0.15, -0.1) is 5.10 Å². The van der Waals surface area contributed by atoms with Crippen molar-refractivity contribution in [2.75, 3.05) is 36.4 Å². The van der Waals surface area contributed by atoms with Gasteiger partial charge < -0.3 is 15.1 Å². The minimum atomic E-state index is -0.000198. The highest BCUT2D eigenvalue weighted by atomic mass is 16.2. The molecule has 130 valence electrons. The molecule has 3 rings (SSSR count). The average molecular weight is 340 g/mol. The van der Waals surface area contributed by atoms with Crippen molar-refractivity contribution < 1.29 is 9.59 Å². The number of rotatable bonds is 4. The second kappa shape index (κ2) is 7.25. The van der Waals surface area contributed by atoms with Crippen LogP contribution in [0, 0.1) is 0 Å². The minimum Gasteiger partial charge on any atom is -0.352 e. The van der Waals surface area contributed by atoms with Gasteiger partial charge >= 0.3 is 0 Å². The van der Waals surface area contributed by atoms with Crippen LogP contribution in [-0.4, -0.2) is 58.0 Å². The zero-order valence-corrected chi connectivity index (χ0v) is 14.3. The van der Waals surface area contributed by atoms with E-state index < -0.39 is 0 Å². The first-order chi connectivity index (χ1) is 12.0. The summed E-state index contributed by atoms with van der Waals surface area (Å²) in [5.74, 6) is 1.17. The van der Waals surface area contributed by atoms with Crippen LogP contribution in [0.4, 0.5) is 17.5 Å². The van der Waals surface area contributed by atoms with Gasteiger partial charge in [-0.25, -0.2) is 0 Å². The van der Waals surface area contributed by atoms with Crippen LogP contribution in [0.1, 0.15) is 24.2 Å². The number of benzene rings is 1. The van der Waals surface area contributed by atoms with Gasteiger partial charge in [-0.1, -0.05) is 12.1 Å². The first kappa shape index (κ1) is 16.8. The number of piperazine rings is 1. The number of hydrogen-bond donors (Lipinski definition) is 1. The van der Waals surface area contributed by atoms with Crippen LogP contribution >= 0.6 is 0 Å². The van der Waals surface area contributed by atoms with Gasteiger partial charge in [0.05, 0.1) is 6.20 Å². The van der Waals surface area contributed by atoms with Gasteiger partial charge in [0.25, 0.3) is 0 Å². The lowest BCUT2D eigenvalue weighted by molar-refractivity contribution is -0.129. The Balaban J connectivity index is 1.71. The van der Waals surface area contributed by atoms with Crippen molar-refractivity contribution in [3.63, 3.8) is 0 Å². The Morgan fingerprint density at radius 2 is 1.88 bits per heavy atom. The molecule has 25 heavy (non-hydrogen) atoms.